The molecule has 1 N–H and O–H groups in total. The van der Waals surface area contributed by atoms with Crippen molar-refractivity contribution in [1.29, 1.82) is 0 Å². The number of rotatable bonds is 3. The Morgan fingerprint density at radius 2 is 2.00 bits per heavy atom. The van der Waals surface area contributed by atoms with E-state index >= 15 is 0 Å². The normalized spacial score (nSPS) is 14.1. The number of halogens is 1. The second kappa shape index (κ2) is 5.34. The highest BCUT2D eigenvalue weighted by Gasteiger charge is 2.20. The summed E-state index contributed by atoms with van der Waals surface area (Å²) in [5, 5.41) is 2.45. The molecule has 3 nitrogen and oxygen atoms in total. The highest BCUT2D eigenvalue weighted by molar-refractivity contribution is 5.67. The summed E-state index contributed by atoms with van der Waals surface area (Å²) in [6.45, 7) is 1.40. The minimum absolute atomic E-state index is 0.631. The van der Waals surface area contributed by atoms with E-state index in [-0.39, 0.29) is 0 Å². The first kappa shape index (κ1) is 11.5. The van der Waals surface area contributed by atoms with Crippen molar-refractivity contribution >= 4 is 6.09 Å². The van der Waals surface area contributed by atoms with Crippen LogP contribution in [0.25, 0.3) is 0 Å². The van der Waals surface area contributed by atoms with Crippen molar-refractivity contribution in [2.45, 2.75) is 19.1 Å². The van der Waals surface area contributed by atoms with Gasteiger partial charge in [-0.3, -0.25) is 0 Å². The van der Waals surface area contributed by atoms with Gasteiger partial charge in [0.1, 0.15) is 6.17 Å². The molecule has 0 aliphatic heterocycles. The molecule has 0 radical (unpaired) electrons. The number of benzene rings is 1. The van der Waals surface area contributed by atoms with E-state index in [2.05, 4.69) is 10.1 Å². The zero-order valence-corrected chi connectivity index (χ0v) is 8.74. The summed E-state index contributed by atoms with van der Waals surface area (Å²) >= 11 is 0. The van der Waals surface area contributed by atoms with Gasteiger partial charge >= 0.3 is 6.09 Å². The molecule has 82 valence electrons. The van der Waals surface area contributed by atoms with E-state index in [1.54, 1.807) is 24.3 Å². The third kappa shape index (κ3) is 3.23. The monoisotopic (exact) mass is 211 g/mol. The fourth-order valence-electron chi connectivity index (χ4n) is 1.31. The van der Waals surface area contributed by atoms with E-state index in [1.165, 1.54) is 14.0 Å². The number of methoxy groups -OCH3 is 1. The molecule has 1 aromatic rings. The predicted molar refractivity (Wildman–Crippen MR) is 55.3 cm³/mol. The zero-order valence-electron chi connectivity index (χ0n) is 8.74. The van der Waals surface area contributed by atoms with Gasteiger partial charge in [-0.2, -0.15) is 0 Å². The summed E-state index contributed by atoms with van der Waals surface area (Å²) in [4.78, 5) is 11.0. The summed E-state index contributed by atoms with van der Waals surface area (Å²) in [5.74, 6) is 0. The molecule has 0 spiro atoms. The van der Waals surface area contributed by atoms with Gasteiger partial charge in [0.15, 0.2) is 0 Å². The van der Waals surface area contributed by atoms with E-state index in [9.17, 15) is 9.18 Å². The number of alkyl halides is 1. The molecule has 4 heteroatoms. The van der Waals surface area contributed by atoms with Crippen molar-refractivity contribution in [2.75, 3.05) is 7.11 Å². The second-order valence-electron chi connectivity index (χ2n) is 3.20. The average Bonchev–Trinajstić information content (AvgIpc) is 2.26. The Labute approximate surface area is 88.2 Å². The molecule has 0 aliphatic carbocycles. The lowest BCUT2D eigenvalue weighted by molar-refractivity contribution is 0.157. The molecule has 0 unspecified atom stereocenters. The molecule has 0 aliphatic rings. The van der Waals surface area contributed by atoms with Crippen LogP contribution in [-0.2, 0) is 4.74 Å². The number of hydrogen-bond donors (Lipinski definition) is 1. The SMILES string of the molecule is COC(=O)N[C@@H](c1ccccc1)[C@H](C)F. The third-order valence-electron chi connectivity index (χ3n) is 2.08. The van der Waals surface area contributed by atoms with Crippen LogP contribution in [0.2, 0.25) is 0 Å². The van der Waals surface area contributed by atoms with Crippen LogP contribution in [0, 0.1) is 0 Å². The van der Waals surface area contributed by atoms with Crippen LogP contribution in [0.15, 0.2) is 30.3 Å². The van der Waals surface area contributed by atoms with Crippen molar-refractivity contribution in [1.82, 2.24) is 5.32 Å². The molecular weight excluding hydrogens is 197 g/mol. The van der Waals surface area contributed by atoms with Crippen molar-refractivity contribution < 1.29 is 13.9 Å². The molecule has 0 saturated heterocycles. The molecule has 0 fully saturated rings. The Balaban J connectivity index is 2.79. The maximum Gasteiger partial charge on any atom is 0.407 e. The highest BCUT2D eigenvalue weighted by Crippen LogP contribution is 2.18. The molecule has 1 aromatic carbocycles. The number of carbonyl (C=O) groups is 1. The van der Waals surface area contributed by atoms with Crippen molar-refractivity contribution in [2.24, 2.45) is 0 Å². The topological polar surface area (TPSA) is 38.3 Å². The lowest BCUT2D eigenvalue weighted by atomic mass is 10.0. The van der Waals surface area contributed by atoms with Crippen LogP contribution in [0.1, 0.15) is 18.5 Å². The zero-order chi connectivity index (χ0) is 11.3. The molecule has 1 amide bonds. The Kier molecular flexibility index (Phi) is 4.09. The molecule has 15 heavy (non-hydrogen) atoms. The number of alkyl carbamates (subject to hydrolysis) is 1. The summed E-state index contributed by atoms with van der Waals surface area (Å²) in [7, 11) is 1.25. The summed E-state index contributed by atoms with van der Waals surface area (Å²) in [6.07, 6.45) is -1.81. The first-order chi connectivity index (χ1) is 7.15. The van der Waals surface area contributed by atoms with E-state index in [0.29, 0.717) is 0 Å². The molecular formula is C11H14FNO2. The van der Waals surface area contributed by atoms with Gasteiger partial charge in [0.2, 0.25) is 0 Å². The second-order valence-corrected chi connectivity index (χ2v) is 3.20. The van der Waals surface area contributed by atoms with Crippen LogP contribution in [0.4, 0.5) is 9.18 Å². The lowest BCUT2D eigenvalue weighted by Gasteiger charge is -2.19. The largest absolute Gasteiger partial charge is 0.453 e. The number of hydrogen-bond acceptors (Lipinski definition) is 2. The van der Waals surface area contributed by atoms with Crippen LogP contribution in [0.5, 0.6) is 0 Å². The molecule has 2 atom stereocenters. The molecule has 1 rings (SSSR count). The Hall–Kier alpha value is -1.58. The Morgan fingerprint density at radius 3 is 2.47 bits per heavy atom. The lowest BCUT2D eigenvalue weighted by Crippen LogP contribution is -2.33. The molecule has 0 saturated carbocycles. The minimum Gasteiger partial charge on any atom is -0.453 e. The van der Waals surface area contributed by atoms with Gasteiger partial charge in [0, 0.05) is 0 Å². The van der Waals surface area contributed by atoms with E-state index in [4.69, 9.17) is 0 Å². The van der Waals surface area contributed by atoms with Gasteiger partial charge in [0.05, 0.1) is 13.2 Å². The number of amides is 1. The van der Waals surface area contributed by atoms with Gasteiger partial charge in [-0.05, 0) is 12.5 Å². The Morgan fingerprint density at radius 1 is 1.40 bits per heavy atom. The number of carbonyl (C=O) groups excluding carboxylic acids is 1. The van der Waals surface area contributed by atoms with Gasteiger partial charge in [0.25, 0.3) is 0 Å². The smallest absolute Gasteiger partial charge is 0.407 e. The molecule has 0 bridgehead atoms. The average molecular weight is 211 g/mol. The molecule has 0 aromatic heterocycles. The first-order valence-corrected chi connectivity index (χ1v) is 4.68. The van der Waals surface area contributed by atoms with Crippen LogP contribution in [-0.4, -0.2) is 19.4 Å². The minimum atomic E-state index is -1.17. The van der Waals surface area contributed by atoms with Crippen LogP contribution < -0.4 is 5.32 Å². The summed E-state index contributed by atoms with van der Waals surface area (Å²) in [5.41, 5.74) is 0.720. The summed E-state index contributed by atoms with van der Waals surface area (Å²) < 4.78 is 17.7. The van der Waals surface area contributed by atoms with Crippen LogP contribution in [0.3, 0.4) is 0 Å². The fraction of sp³-hybridized carbons (Fsp3) is 0.364. The van der Waals surface area contributed by atoms with Crippen molar-refractivity contribution in [3.63, 3.8) is 0 Å². The van der Waals surface area contributed by atoms with E-state index in [0.717, 1.165) is 5.56 Å². The van der Waals surface area contributed by atoms with Gasteiger partial charge in [-0.25, -0.2) is 9.18 Å². The number of nitrogens with one attached hydrogen (secondary N) is 1. The first-order valence-electron chi connectivity index (χ1n) is 4.68. The standard InChI is InChI=1S/C11H14FNO2/c1-8(12)10(13-11(14)15-2)9-6-4-3-5-7-9/h3-8,10H,1-2H3,(H,13,14)/t8-,10+/m0/s1. The number of ether oxygens (including phenoxy) is 1. The van der Waals surface area contributed by atoms with Crippen molar-refractivity contribution in [3.05, 3.63) is 35.9 Å². The summed E-state index contributed by atoms with van der Waals surface area (Å²) in [6, 6.07) is 8.28. The van der Waals surface area contributed by atoms with E-state index in [1.807, 2.05) is 6.07 Å². The van der Waals surface area contributed by atoms with E-state index < -0.39 is 18.3 Å². The van der Waals surface area contributed by atoms with Crippen LogP contribution >= 0.6 is 0 Å². The Bertz CT molecular complexity index is 314. The highest BCUT2D eigenvalue weighted by atomic mass is 19.1. The maximum atomic E-state index is 13.3. The molecule has 0 heterocycles. The van der Waals surface area contributed by atoms with Gasteiger partial charge in [-0.1, -0.05) is 30.3 Å². The predicted octanol–water partition coefficient (Wildman–Crippen LogP) is 2.44. The van der Waals surface area contributed by atoms with Crippen molar-refractivity contribution in [3.8, 4) is 0 Å². The quantitative estimate of drug-likeness (QED) is 0.833. The maximum absolute atomic E-state index is 13.3. The van der Waals surface area contributed by atoms with Gasteiger partial charge in [-0.15, -0.1) is 0 Å². The fourth-order valence-corrected chi connectivity index (χ4v) is 1.31. The third-order valence-corrected chi connectivity index (χ3v) is 2.08. The van der Waals surface area contributed by atoms with Gasteiger partial charge < -0.3 is 10.1 Å².